The van der Waals surface area contributed by atoms with Crippen molar-refractivity contribution in [2.75, 3.05) is 20.4 Å². The predicted octanol–water partition coefficient (Wildman–Crippen LogP) is 2.55. The van der Waals surface area contributed by atoms with Gasteiger partial charge in [-0.2, -0.15) is 0 Å². The average molecular weight is 341 g/mol. The fourth-order valence-corrected chi connectivity index (χ4v) is 3.66. The minimum absolute atomic E-state index is 0.140. The van der Waals surface area contributed by atoms with E-state index in [1.54, 1.807) is 7.11 Å². The molecule has 2 heterocycles. The van der Waals surface area contributed by atoms with Crippen LogP contribution in [-0.4, -0.2) is 31.5 Å². The van der Waals surface area contributed by atoms with Crippen LogP contribution in [-0.2, 0) is 4.79 Å². The van der Waals surface area contributed by atoms with Crippen LogP contribution in [0.5, 0.6) is 17.2 Å². The lowest BCUT2D eigenvalue weighted by Crippen LogP contribution is -2.25. The topological polar surface area (TPSA) is 77.0 Å². The molecule has 2 N–H and O–H groups in total. The number of benzene rings is 2. The minimum atomic E-state index is -0.812. The molecule has 6 nitrogen and oxygen atoms in total. The van der Waals surface area contributed by atoms with E-state index in [4.69, 9.17) is 14.2 Å². The van der Waals surface area contributed by atoms with Crippen molar-refractivity contribution in [3.8, 4) is 17.2 Å². The molecule has 2 aromatic carbocycles. The van der Waals surface area contributed by atoms with Crippen LogP contribution in [0.25, 0.3) is 0 Å². The van der Waals surface area contributed by atoms with Crippen LogP contribution in [0, 0.1) is 5.92 Å². The first-order chi connectivity index (χ1) is 12.2. The summed E-state index contributed by atoms with van der Waals surface area (Å²) in [6.45, 7) is 0.797. The molecule has 1 saturated heterocycles. The number of fused-ring (bicyclic) bond motifs is 1. The molecule has 0 amide bonds. The Kier molecular flexibility index (Phi) is 3.97. The third-order valence-corrected chi connectivity index (χ3v) is 4.94. The van der Waals surface area contributed by atoms with E-state index in [1.807, 2.05) is 42.5 Å². The van der Waals surface area contributed by atoms with Gasteiger partial charge < -0.3 is 24.6 Å². The van der Waals surface area contributed by atoms with Gasteiger partial charge in [0.05, 0.1) is 13.0 Å². The summed E-state index contributed by atoms with van der Waals surface area (Å²) in [4.78, 5) is 12.0. The van der Waals surface area contributed by atoms with Crippen LogP contribution in [0.1, 0.15) is 23.1 Å². The molecule has 1 fully saturated rings. The Hall–Kier alpha value is -2.73. The fourth-order valence-electron chi connectivity index (χ4n) is 3.66. The van der Waals surface area contributed by atoms with Crippen molar-refractivity contribution in [2.45, 2.75) is 12.0 Å². The molecule has 2 aliphatic rings. The van der Waals surface area contributed by atoms with E-state index in [-0.39, 0.29) is 18.8 Å². The third-order valence-electron chi connectivity index (χ3n) is 4.94. The highest BCUT2D eigenvalue weighted by Crippen LogP contribution is 2.43. The van der Waals surface area contributed by atoms with Crippen LogP contribution < -0.4 is 19.5 Å². The number of nitrogens with one attached hydrogen (secondary N) is 1. The van der Waals surface area contributed by atoms with Gasteiger partial charge in [0.15, 0.2) is 11.5 Å². The number of carboxylic acid groups (broad SMARTS) is 1. The largest absolute Gasteiger partial charge is 0.497 e. The Morgan fingerprint density at radius 2 is 1.84 bits per heavy atom. The predicted molar refractivity (Wildman–Crippen MR) is 90.2 cm³/mol. The molecule has 0 unspecified atom stereocenters. The summed E-state index contributed by atoms with van der Waals surface area (Å²) in [6, 6.07) is 12.9. The molecular formula is C19H19NO5. The molecule has 2 aromatic rings. The van der Waals surface area contributed by atoms with Gasteiger partial charge in [-0.3, -0.25) is 4.79 Å². The number of ether oxygens (including phenoxy) is 3. The number of carbonyl (C=O) groups is 1. The van der Waals surface area contributed by atoms with Crippen molar-refractivity contribution in [1.29, 1.82) is 0 Å². The van der Waals surface area contributed by atoms with E-state index in [1.165, 1.54) is 0 Å². The lowest BCUT2D eigenvalue weighted by molar-refractivity contribution is -0.142. The van der Waals surface area contributed by atoms with Gasteiger partial charge in [-0.05, 0) is 35.4 Å². The van der Waals surface area contributed by atoms with Gasteiger partial charge in [0.25, 0.3) is 0 Å². The molecule has 4 rings (SSSR count). The van der Waals surface area contributed by atoms with Gasteiger partial charge in [0, 0.05) is 18.5 Å². The molecule has 2 aliphatic heterocycles. The fraction of sp³-hybridized carbons (Fsp3) is 0.316. The van der Waals surface area contributed by atoms with Crippen molar-refractivity contribution in [2.24, 2.45) is 5.92 Å². The van der Waals surface area contributed by atoms with Crippen LogP contribution in [0.4, 0.5) is 0 Å². The summed E-state index contributed by atoms with van der Waals surface area (Å²) in [5, 5.41) is 13.2. The summed E-state index contributed by atoms with van der Waals surface area (Å²) in [5.41, 5.74) is 1.89. The first-order valence-electron chi connectivity index (χ1n) is 8.17. The highest BCUT2D eigenvalue weighted by atomic mass is 16.7. The summed E-state index contributed by atoms with van der Waals surface area (Å²) in [6.07, 6.45) is 0. The number of methoxy groups -OCH3 is 1. The Balaban J connectivity index is 1.64. The SMILES string of the molecule is COc1ccc([C@H]2NC[C@@H](c3ccc4c(c3)OCO4)[C@@H]2C(=O)O)cc1. The van der Waals surface area contributed by atoms with Crippen molar-refractivity contribution >= 4 is 5.97 Å². The molecule has 0 aromatic heterocycles. The lowest BCUT2D eigenvalue weighted by atomic mass is 9.83. The highest BCUT2D eigenvalue weighted by molar-refractivity contribution is 5.73. The number of hydrogen-bond donors (Lipinski definition) is 2. The van der Waals surface area contributed by atoms with E-state index >= 15 is 0 Å². The number of rotatable bonds is 4. The van der Waals surface area contributed by atoms with Crippen LogP contribution in [0.15, 0.2) is 42.5 Å². The standard InChI is InChI=1S/C19H19NO5/c1-23-13-5-2-11(3-6-13)18-17(19(21)22)14(9-20-18)12-4-7-15-16(8-12)25-10-24-15/h2-8,14,17-18,20H,9-10H2,1H3,(H,21,22)/t14-,17-,18+/m0/s1. The molecule has 0 radical (unpaired) electrons. The highest BCUT2D eigenvalue weighted by Gasteiger charge is 2.42. The Morgan fingerprint density at radius 1 is 1.12 bits per heavy atom. The second-order valence-electron chi connectivity index (χ2n) is 6.24. The molecule has 6 heteroatoms. The zero-order valence-corrected chi connectivity index (χ0v) is 13.8. The quantitative estimate of drug-likeness (QED) is 0.890. The summed E-state index contributed by atoms with van der Waals surface area (Å²) >= 11 is 0. The zero-order valence-electron chi connectivity index (χ0n) is 13.8. The minimum Gasteiger partial charge on any atom is -0.497 e. The van der Waals surface area contributed by atoms with Gasteiger partial charge in [-0.15, -0.1) is 0 Å². The number of carboxylic acids is 1. The summed E-state index contributed by atoms with van der Waals surface area (Å²) < 4.78 is 15.9. The number of aliphatic carboxylic acids is 1. The maximum absolute atomic E-state index is 12.0. The van der Waals surface area contributed by atoms with Crippen molar-refractivity contribution in [3.05, 3.63) is 53.6 Å². The summed E-state index contributed by atoms with van der Waals surface area (Å²) in [7, 11) is 1.61. The maximum Gasteiger partial charge on any atom is 0.309 e. The Labute approximate surface area is 145 Å². The first-order valence-corrected chi connectivity index (χ1v) is 8.17. The van der Waals surface area contributed by atoms with Crippen molar-refractivity contribution in [3.63, 3.8) is 0 Å². The smallest absolute Gasteiger partial charge is 0.309 e. The molecule has 0 saturated carbocycles. The van der Waals surface area contributed by atoms with Crippen molar-refractivity contribution < 1.29 is 24.1 Å². The van der Waals surface area contributed by atoms with E-state index < -0.39 is 11.9 Å². The van der Waals surface area contributed by atoms with Gasteiger partial charge in [-0.25, -0.2) is 0 Å². The second-order valence-corrected chi connectivity index (χ2v) is 6.24. The van der Waals surface area contributed by atoms with E-state index in [0.717, 1.165) is 16.9 Å². The van der Waals surface area contributed by atoms with Crippen molar-refractivity contribution in [1.82, 2.24) is 5.32 Å². The molecule has 0 aliphatic carbocycles. The van der Waals surface area contributed by atoms with E-state index in [0.29, 0.717) is 18.0 Å². The van der Waals surface area contributed by atoms with Gasteiger partial charge >= 0.3 is 5.97 Å². The molecule has 25 heavy (non-hydrogen) atoms. The normalized spacial score (nSPS) is 24.3. The molecule has 3 atom stereocenters. The first kappa shape index (κ1) is 15.8. The monoisotopic (exact) mass is 341 g/mol. The molecule has 0 bridgehead atoms. The number of hydrogen-bond acceptors (Lipinski definition) is 5. The third kappa shape index (κ3) is 2.78. The molecule has 0 spiro atoms. The second kappa shape index (κ2) is 6.29. The zero-order chi connectivity index (χ0) is 17.4. The molecule has 130 valence electrons. The van der Waals surface area contributed by atoms with Crippen LogP contribution >= 0.6 is 0 Å². The van der Waals surface area contributed by atoms with Gasteiger partial charge in [-0.1, -0.05) is 18.2 Å². The maximum atomic E-state index is 12.0. The summed E-state index contributed by atoms with van der Waals surface area (Å²) in [5.74, 6) is 0.616. The van der Waals surface area contributed by atoms with Crippen LogP contribution in [0.3, 0.4) is 0 Å². The Morgan fingerprint density at radius 3 is 2.56 bits per heavy atom. The Bertz CT molecular complexity index is 789. The van der Waals surface area contributed by atoms with Gasteiger partial charge in [0.2, 0.25) is 6.79 Å². The van der Waals surface area contributed by atoms with Crippen LogP contribution in [0.2, 0.25) is 0 Å². The van der Waals surface area contributed by atoms with E-state index in [9.17, 15) is 9.90 Å². The average Bonchev–Trinajstić information content (AvgIpc) is 3.27. The molecular weight excluding hydrogens is 322 g/mol. The lowest BCUT2D eigenvalue weighted by Gasteiger charge is -2.21. The van der Waals surface area contributed by atoms with Gasteiger partial charge in [0.1, 0.15) is 5.75 Å². The van der Waals surface area contributed by atoms with E-state index in [2.05, 4.69) is 5.32 Å².